The number of hydrogen-bond donors (Lipinski definition) is 1. The van der Waals surface area contributed by atoms with E-state index in [1.54, 1.807) is 30.3 Å². The highest BCUT2D eigenvalue weighted by Gasteiger charge is 2.23. The first-order chi connectivity index (χ1) is 17.4. The van der Waals surface area contributed by atoms with Crippen molar-refractivity contribution in [2.75, 3.05) is 45.4 Å². The summed E-state index contributed by atoms with van der Waals surface area (Å²) < 4.78 is 21.4. The Labute approximate surface area is 209 Å². The van der Waals surface area contributed by atoms with Gasteiger partial charge in [0.2, 0.25) is 5.89 Å². The number of ether oxygens (including phenoxy) is 3. The molecular weight excluding hydrogens is 492 g/mol. The number of thioether (sulfide) groups is 1. The van der Waals surface area contributed by atoms with Crippen LogP contribution in [0.15, 0.2) is 50.9 Å². The van der Waals surface area contributed by atoms with Gasteiger partial charge in [0.05, 0.1) is 32.4 Å². The molecule has 0 atom stereocenters. The summed E-state index contributed by atoms with van der Waals surface area (Å²) in [6.45, 7) is 2.02. The lowest BCUT2D eigenvalue weighted by atomic mass is 10.1. The Kier molecular flexibility index (Phi) is 7.71. The van der Waals surface area contributed by atoms with Crippen LogP contribution in [0.25, 0.3) is 17.5 Å². The molecule has 0 unspecified atom stereocenters. The first kappa shape index (κ1) is 25.0. The van der Waals surface area contributed by atoms with Gasteiger partial charge in [0.25, 0.3) is 10.9 Å². The molecule has 188 valence electrons. The van der Waals surface area contributed by atoms with E-state index in [1.165, 1.54) is 26.4 Å². The quantitative estimate of drug-likeness (QED) is 0.192. The van der Waals surface area contributed by atoms with Crippen LogP contribution in [-0.2, 0) is 9.53 Å². The summed E-state index contributed by atoms with van der Waals surface area (Å²) in [6, 6.07) is 9.62. The van der Waals surface area contributed by atoms with Gasteiger partial charge in [0.1, 0.15) is 22.1 Å². The summed E-state index contributed by atoms with van der Waals surface area (Å²) in [5.41, 5.74) is 1.22. The monoisotopic (exact) mass is 514 g/mol. The molecule has 2 heterocycles. The molecule has 0 aliphatic carbocycles. The van der Waals surface area contributed by atoms with Gasteiger partial charge in [0, 0.05) is 30.8 Å². The minimum atomic E-state index is -1.25. The first-order valence-corrected chi connectivity index (χ1v) is 11.5. The minimum absolute atomic E-state index is 0.0140. The van der Waals surface area contributed by atoms with Gasteiger partial charge in [-0.05, 0) is 41.6 Å². The van der Waals surface area contributed by atoms with Crippen LogP contribution in [0.5, 0.6) is 11.5 Å². The lowest BCUT2D eigenvalue weighted by Gasteiger charge is -2.28. The van der Waals surface area contributed by atoms with Crippen molar-refractivity contribution in [1.29, 1.82) is 0 Å². The van der Waals surface area contributed by atoms with Gasteiger partial charge in [-0.15, -0.1) is 10.2 Å². The number of aliphatic carboxylic acids is 1. The fourth-order valence-electron chi connectivity index (χ4n) is 3.53. The maximum atomic E-state index is 11.9. The van der Waals surface area contributed by atoms with E-state index in [1.807, 2.05) is 4.90 Å². The molecule has 0 amide bonds. The zero-order valence-corrected chi connectivity index (χ0v) is 20.2. The number of carboxylic acids is 1. The third-order valence-electron chi connectivity index (χ3n) is 5.26. The zero-order chi connectivity index (χ0) is 25.7. The Morgan fingerprint density at radius 1 is 1.14 bits per heavy atom. The highest BCUT2D eigenvalue weighted by molar-refractivity contribution is 8.03. The van der Waals surface area contributed by atoms with Gasteiger partial charge in [0.15, 0.2) is 0 Å². The number of nitro groups is 1. The third kappa shape index (κ3) is 5.75. The van der Waals surface area contributed by atoms with Crippen molar-refractivity contribution in [3.63, 3.8) is 0 Å². The summed E-state index contributed by atoms with van der Waals surface area (Å²) in [4.78, 5) is 24.9. The predicted molar refractivity (Wildman–Crippen MR) is 130 cm³/mol. The van der Waals surface area contributed by atoms with Crippen LogP contribution in [-0.4, -0.2) is 66.7 Å². The summed E-state index contributed by atoms with van der Waals surface area (Å²) in [5.74, 6) is -0.0670. The smallest absolute Gasteiger partial charge is 0.342 e. The molecule has 0 bridgehead atoms. The molecule has 0 radical (unpaired) electrons. The first-order valence-electron chi connectivity index (χ1n) is 10.7. The fraction of sp³-hybridized carbons (Fsp3) is 0.261. The Hall–Kier alpha value is -4.10. The summed E-state index contributed by atoms with van der Waals surface area (Å²) >= 11 is 0.736. The van der Waals surface area contributed by atoms with E-state index in [4.69, 9.17) is 18.6 Å². The van der Waals surface area contributed by atoms with Gasteiger partial charge in [-0.3, -0.25) is 10.1 Å². The van der Waals surface area contributed by atoms with Crippen molar-refractivity contribution in [2.45, 2.75) is 5.22 Å². The molecule has 1 saturated heterocycles. The molecule has 1 aliphatic heterocycles. The normalized spacial score (nSPS) is 13.9. The number of carbonyl (C=O) groups is 1. The maximum absolute atomic E-state index is 11.9. The number of nitro benzene ring substituents is 1. The second-order valence-electron chi connectivity index (χ2n) is 7.49. The minimum Gasteiger partial charge on any atom is -0.497 e. The van der Waals surface area contributed by atoms with Crippen molar-refractivity contribution >= 4 is 35.2 Å². The SMILES string of the molecule is COc1cc(OC)cc(-c2nnc(S/C(=C/c3ccc(N4CCOCC4)c([N+](=O)[O-])c3)C(=O)O)o2)c1. The van der Waals surface area contributed by atoms with Gasteiger partial charge < -0.3 is 28.6 Å². The largest absolute Gasteiger partial charge is 0.497 e. The maximum Gasteiger partial charge on any atom is 0.342 e. The van der Waals surface area contributed by atoms with E-state index in [0.717, 1.165) is 11.8 Å². The second-order valence-corrected chi connectivity index (χ2v) is 8.49. The van der Waals surface area contributed by atoms with Crippen LogP contribution in [0.1, 0.15) is 5.56 Å². The summed E-state index contributed by atoms with van der Waals surface area (Å²) in [5, 5.41) is 29.3. The van der Waals surface area contributed by atoms with E-state index >= 15 is 0 Å². The second kappa shape index (κ2) is 11.1. The van der Waals surface area contributed by atoms with Crippen LogP contribution >= 0.6 is 11.8 Å². The Morgan fingerprint density at radius 3 is 2.44 bits per heavy atom. The Balaban J connectivity index is 1.60. The van der Waals surface area contributed by atoms with Gasteiger partial charge >= 0.3 is 5.97 Å². The van der Waals surface area contributed by atoms with Crippen LogP contribution in [0, 0.1) is 10.1 Å². The third-order valence-corrected chi connectivity index (χ3v) is 6.11. The molecule has 1 fully saturated rings. The van der Waals surface area contributed by atoms with Crippen molar-refractivity contribution in [2.24, 2.45) is 0 Å². The average Bonchev–Trinajstić information content (AvgIpc) is 3.37. The van der Waals surface area contributed by atoms with E-state index in [9.17, 15) is 20.0 Å². The number of benzene rings is 2. The Morgan fingerprint density at radius 2 is 1.83 bits per heavy atom. The van der Waals surface area contributed by atoms with Gasteiger partial charge in [-0.1, -0.05) is 6.07 Å². The van der Waals surface area contributed by atoms with E-state index in [0.29, 0.717) is 54.6 Å². The molecule has 1 N–H and O–H groups in total. The molecule has 1 aromatic heterocycles. The van der Waals surface area contributed by atoms with Crippen molar-refractivity contribution in [3.8, 4) is 23.0 Å². The fourth-order valence-corrected chi connectivity index (χ4v) is 4.20. The van der Waals surface area contributed by atoms with Crippen LogP contribution < -0.4 is 14.4 Å². The Bertz CT molecular complexity index is 1280. The zero-order valence-electron chi connectivity index (χ0n) is 19.4. The number of anilines is 1. The van der Waals surface area contributed by atoms with E-state index in [-0.39, 0.29) is 21.7 Å². The lowest BCUT2D eigenvalue weighted by molar-refractivity contribution is -0.384. The number of carboxylic acid groups (broad SMARTS) is 1. The average molecular weight is 515 g/mol. The number of aromatic nitrogens is 2. The molecule has 0 spiro atoms. The molecule has 3 aromatic rings. The highest BCUT2D eigenvalue weighted by atomic mass is 32.2. The van der Waals surface area contributed by atoms with Crippen molar-refractivity contribution in [1.82, 2.24) is 10.2 Å². The molecule has 1 aliphatic rings. The predicted octanol–water partition coefficient (Wildman–Crippen LogP) is 3.72. The van der Waals surface area contributed by atoms with Crippen molar-refractivity contribution < 1.29 is 33.5 Å². The number of methoxy groups -OCH3 is 2. The number of nitrogens with zero attached hydrogens (tertiary/aromatic N) is 4. The number of morpholine rings is 1. The van der Waals surface area contributed by atoms with Crippen LogP contribution in [0.3, 0.4) is 0 Å². The molecule has 2 aromatic carbocycles. The molecule has 13 heteroatoms. The summed E-state index contributed by atoms with van der Waals surface area (Å²) in [6.07, 6.45) is 1.32. The van der Waals surface area contributed by atoms with E-state index in [2.05, 4.69) is 10.2 Å². The van der Waals surface area contributed by atoms with Crippen LogP contribution in [0.2, 0.25) is 0 Å². The van der Waals surface area contributed by atoms with Crippen LogP contribution in [0.4, 0.5) is 11.4 Å². The van der Waals surface area contributed by atoms with Gasteiger partial charge in [-0.2, -0.15) is 0 Å². The van der Waals surface area contributed by atoms with Gasteiger partial charge in [-0.25, -0.2) is 4.79 Å². The number of rotatable bonds is 9. The lowest BCUT2D eigenvalue weighted by Crippen LogP contribution is -2.36. The standard InChI is InChI=1S/C23H22N4O8S/c1-32-16-11-15(12-17(13-16)33-2)21-24-25-23(35-21)36-20(22(28)29)10-14-3-4-18(19(9-14)27(30)31)26-5-7-34-8-6-26/h3-4,9-13H,5-8H2,1-2H3,(H,28,29)/b20-10+. The topological polar surface area (TPSA) is 150 Å². The van der Waals surface area contributed by atoms with Crippen molar-refractivity contribution in [3.05, 3.63) is 57.0 Å². The molecule has 36 heavy (non-hydrogen) atoms. The molecule has 12 nitrogen and oxygen atoms in total. The molecular formula is C23H22N4O8S. The highest BCUT2D eigenvalue weighted by Crippen LogP contribution is 2.35. The molecule has 0 saturated carbocycles. The summed E-state index contributed by atoms with van der Waals surface area (Å²) in [7, 11) is 3.02. The van der Waals surface area contributed by atoms with E-state index < -0.39 is 10.9 Å². The molecule has 4 rings (SSSR count). The number of hydrogen-bond acceptors (Lipinski definition) is 11.